The molecule has 1 amide bonds. The topological polar surface area (TPSA) is 106 Å². The van der Waals surface area contributed by atoms with Gasteiger partial charge >= 0.3 is 0 Å². The Labute approximate surface area is 169 Å². The van der Waals surface area contributed by atoms with Crippen LogP contribution in [0.15, 0.2) is 53.5 Å². The van der Waals surface area contributed by atoms with E-state index in [0.29, 0.717) is 6.42 Å². The van der Waals surface area contributed by atoms with Crippen molar-refractivity contribution in [3.63, 3.8) is 0 Å². The number of rotatable bonds is 5. The van der Waals surface area contributed by atoms with Gasteiger partial charge < -0.3 is 22.1 Å². The lowest BCUT2D eigenvalue weighted by Crippen LogP contribution is -2.54. The van der Waals surface area contributed by atoms with E-state index in [4.69, 9.17) is 11.5 Å². The molecule has 2 unspecified atom stereocenters. The predicted molar refractivity (Wildman–Crippen MR) is 110 cm³/mol. The Morgan fingerprint density at radius 3 is 2.31 bits per heavy atom. The third-order valence-corrected chi connectivity index (χ3v) is 3.93. The molecule has 0 aliphatic rings. The zero-order valence-electron chi connectivity index (χ0n) is 16.7. The molecular weight excluding hydrogens is 376 g/mol. The zero-order chi connectivity index (χ0) is 21.6. The van der Waals surface area contributed by atoms with Crippen LogP contribution in [0.1, 0.15) is 49.2 Å². The molecule has 2 aromatic rings. The predicted octanol–water partition coefficient (Wildman–Crippen LogP) is 2.81. The summed E-state index contributed by atoms with van der Waals surface area (Å²) >= 11 is 0. The second-order valence-corrected chi connectivity index (χ2v) is 7.77. The van der Waals surface area contributed by atoms with Crippen LogP contribution in [-0.4, -0.2) is 23.6 Å². The summed E-state index contributed by atoms with van der Waals surface area (Å²) < 4.78 is 26.5. The number of benzene rings is 2. The summed E-state index contributed by atoms with van der Waals surface area (Å²) in [6.07, 6.45) is -0.217. The van der Waals surface area contributed by atoms with E-state index < -0.39 is 29.2 Å². The highest BCUT2D eigenvalue weighted by Gasteiger charge is 2.19. The van der Waals surface area contributed by atoms with Crippen molar-refractivity contribution in [2.75, 3.05) is 0 Å². The highest BCUT2D eigenvalue weighted by Crippen LogP contribution is 2.14. The Hall–Kier alpha value is -2.84. The van der Waals surface area contributed by atoms with Crippen molar-refractivity contribution < 1.29 is 13.6 Å². The zero-order valence-corrected chi connectivity index (χ0v) is 16.7. The van der Waals surface area contributed by atoms with E-state index in [1.165, 1.54) is 6.07 Å². The van der Waals surface area contributed by atoms with Gasteiger partial charge in [-0.15, -0.1) is 0 Å². The number of carbonyl (C=O) groups is 1. The van der Waals surface area contributed by atoms with Gasteiger partial charge in [-0.05, 0) is 51.0 Å². The smallest absolute Gasteiger partial charge is 0.280 e. The fraction of sp³-hybridized carbons (Fsp3) is 0.333. The number of amides is 1. The Morgan fingerprint density at radius 2 is 1.72 bits per heavy atom. The number of hydrogen-bond donors (Lipinski definition) is 4. The molecule has 0 aromatic heterocycles. The molecule has 0 bridgehead atoms. The molecule has 0 aliphatic heterocycles. The van der Waals surface area contributed by atoms with Crippen molar-refractivity contribution >= 4 is 11.9 Å². The number of halogens is 2. The fourth-order valence-corrected chi connectivity index (χ4v) is 2.59. The molecular formula is C21H27F2N5O. The number of carbonyl (C=O) groups excluding carboxylic acids is 1. The van der Waals surface area contributed by atoms with Gasteiger partial charge in [0.25, 0.3) is 5.91 Å². The van der Waals surface area contributed by atoms with Crippen molar-refractivity contribution in [3.8, 4) is 0 Å². The van der Waals surface area contributed by atoms with Crippen LogP contribution in [0, 0.1) is 11.6 Å². The summed E-state index contributed by atoms with van der Waals surface area (Å²) in [6, 6.07) is 12.1. The van der Waals surface area contributed by atoms with Crippen LogP contribution in [-0.2, 0) is 0 Å². The molecule has 0 saturated heterocycles. The van der Waals surface area contributed by atoms with E-state index in [-0.39, 0.29) is 17.6 Å². The maximum Gasteiger partial charge on any atom is 0.280 e. The second kappa shape index (κ2) is 9.58. The molecule has 0 spiro atoms. The Morgan fingerprint density at radius 1 is 1.07 bits per heavy atom. The first kappa shape index (κ1) is 22.4. The Kier molecular flexibility index (Phi) is 7.41. The largest absolute Gasteiger partial charge is 0.351 e. The third-order valence-electron chi connectivity index (χ3n) is 3.93. The van der Waals surface area contributed by atoms with Crippen molar-refractivity contribution in [3.05, 3.63) is 71.3 Å². The molecule has 0 aliphatic carbocycles. The molecule has 2 rings (SSSR count). The van der Waals surface area contributed by atoms with Crippen LogP contribution < -0.4 is 22.1 Å². The van der Waals surface area contributed by atoms with Crippen LogP contribution in [0.5, 0.6) is 0 Å². The van der Waals surface area contributed by atoms with Crippen LogP contribution in [0.4, 0.5) is 8.78 Å². The summed E-state index contributed by atoms with van der Waals surface area (Å²) in [5.74, 6) is -2.76. The van der Waals surface area contributed by atoms with Gasteiger partial charge in [-0.1, -0.05) is 30.3 Å². The minimum atomic E-state index is -1.12. The highest BCUT2D eigenvalue weighted by molar-refractivity contribution is 6.02. The van der Waals surface area contributed by atoms with E-state index in [1.807, 2.05) is 51.1 Å². The molecule has 8 heteroatoms. The van der Waals surface area contributed by atoms with Crippen LogP contribution >= 0.6 is 0 Å². The van der Waals surface area contributed by atoms with Gasteiger partial charge in [0.05, 0.1) is 6.17 Å². The summed E-state index contributed by atoms with van der Waals surface area (Å²) in [7, 11) is 0. The monoisotopic (exact) mass is 403 g/mol. The minimum absolute atomic E-state index is 0.0755. The van der Waals surface area contributed by atoms with Gasteiger partial charge in [-0.2, -0.15) is 4.99 Å². The minimum Gasteiger partial charge on any atom is -0.351 e. The molecule has 2 aromatic carbocycles. The quantitative estimate of drug-likeness (QED) is 0.349. The molecule has 2 atom stereocenters. The number of guanidine groups is 1. The number of nitrogens with one attached hydrogen (secondary N) is 2. The summed E-state index contributed by atoms with van der Waals surface area (Å²) in [5.41, 5.74) is 12.8. The summed E-state index contributed by atoms with van der Waals surface area (Å²) in [5, 5.41) is 6.01. The average molecular weight is 403 g/mol. The molecule has 156 valence electrons. The first-order chi connectivity index (χ1) is 13.5. The SMILES string of the molecule is CC(C)(C)N/C(=N/C(=O)c1ccc(F)c(F)c1)NC(N)CC(N)c1ccccc1. The molecule has 6 nitrogen and oxygen atoms in total. The second-order valence-electron chi connectivity index (χ2n) is 7.77. The summed E-state index contributed by atoms with van der Waals surface area (Å²) in [6.45, 7) is 5.65. The number of hydrogen-bond acceptors (Lipinski definition) is 3. The molecule has 0 saturated carbocycles. The molecule has 6 N–H and O–H groups in total. The van der Waals surface area contributed by atoms with E-state index in [0.717, 1.165) is 17.7 Å². The molecule has 0 fully saturated rings. The van der Waals surface area contributed by atoms with Crippen molar-refractivity contribution in [1.29, 1.82) is 0 Å². The first-order valence-electron chi connectivity index (χ1n) is 9.24. The standard InChI is InChI=1S/C21H27F2N5O/c1-21(2,3)28-20(27-19(29)14-9-10-15(22)16(23)11-14)26-18(25)12-17(24)13-7-5-4-6-8-13/h4-11,17-18H,12,24-25H2,1-3H3,(H2,26,27,28,29). The van der Waals surface area contributed by atoms with Crippen LogP contribution in [0.2, 0.25) is 0 Å². The van der Waals surface area contributed by atoms with Crippen molar-refractivity contribution in [2.45, 2.75) is 44.9 Å². The van der Waals surface area contributed by atoms with Gasteiger partial charge in [0.2, 0.25) is 5.96 Å². The van der Waals surface area contributed by atoms with Crippen LogP contribution in [0.25, 0.3) is 0 Å². The maximum atomic E-state index is 13.4. The van der Waals surface area contributed by atoms with E-state index in [1.54, 1.807) is 0 Å². The van der Waals surface area contributed by atoms with Gasteiger partial charge in [0, 0.05) is 17.1 Å². The number of nitrogens with two attached hydrogens (primary N) is 2. The fourth-order valence-electron chi connectivity index (χ4n) is 2.59. The highest BCUT2D eigenvalue weighted by atomic mass is 19.2. The van der Waals surface area contributed by atoms with Gasteiger partial charge in [0.1, 0.15) is 0 Å². The van der Waals surface area contributed by atoms with Crippen molar-refractivity contribution in [2.24, 2.45) is 16.5 Å². The average Bonchev–Trinajstić information content (AvgIpc) is 2.63. The normalized spacial score (nSPS) is 14.2. The van der Waals surface area contributed by atoms with Crippen LogP contribution in [0.3, 0.4) is 0 Å². The van der Waals surface area contributed by atoms with Crippen molar-refractivity contribution in [1.82, 2.24) is 10.6 Å². The Balaban J connectivity index is 2.15. The van der Waals surface area contributed by atoms with E-state index in [2.05, 4.69) is 15.6 Å². The van der Waals surface area contributed by atoms with Gasteiger partial charge in [-0.25, -0.2) is 8.78 Å². The molecule has 29 heavy (non-hydrogen) atoms. The maximum absolute atomic E-state index is 13.4. The van der Waals surface area contributed by atoms with E-state index >= 15 is 0 Å². The molecule has 0 radical (unpaired) electrons. The lowest BCUT2D eigenvalue weighted by molar-refractivity contribution is 0.100. The van der Waals surface area contributed by atoms with E-state index in [9.17, 15) is 13.6 Å². The lowest BCUT2D eigenvalue weighted by atomic mass is 10.0. The number of nitrogens with zero attached hydrogens (tertiary/aromatic N) is 1. The first-order valence-corrected chi connectivity index (χ1v) is 9.24. The molecule has 0 heterocycles. The number of aliphatic imine (C=N–C) groups is 1. The third kappa shape index (κ3) is 7.24. The summed E-state index contributed by atoms with van der Waals surface area (Å²) in [4.78, 5) is 16.4. The Bertz CT molecular complexity index is 865. The lowest BCUT2D eigenvalue weighted by Gasteiger charge is -2.27. The van der Waals surface area contributed by atoms with Gasteiger partial charge in [0.15, 0.2) is 11.6 Å². The van der Waals surface area contributed by atoms with Gasteiger partial charge in [-0.3, -0.25) is 4.79 Å².